The van der Waals surface area contributed by atoms with Crippen LogP contribution < -0.4 is 4.90 Å². The van der Waals surface area contributed by atoms with E-state index in [1.807, 2.05) is 6.92 Å². The fourth-order valence-corrected chi connectivity index (χ4v) is 3.09. The molecule has 0 radical (unpaired) electrons. The van der Waals surface area contributed by atoms with Crippen LogP contribution in [0.3, 0.4) is 0 Å². The number of hydrogen-bond donors (Lipinski definition) is 2. The van der Waals surface area contributed by atoms with Gasteiger partial charge in [0, 0.05) is 19.0 Å². The number of rotatable bonds is 10. The van der Waals surface area contributed by atoms with Gasteiger partial charge < -0.3 is 10.0 Å². The van der Waals surface area contributed by atoms with Crippen molar-refractivity contribution in [1.82, 2.24) is 4.98 Å². The summed E-state index contributed by atoms with van der Waals surface area (Å²) in [6.07, 6.45) is 0.780. The molecule has 12 heteroatoms. The van der Waals surface area contributed by atoms with Gasteiger partial charge in [-0.25, -0.2) is 4.98 Å². The number of nitro groups is 1. The summed E-state index contributed by atoms with van der Waals surface area (Å²) < 4.78 is 31.6. The summed E-state index contributed by atoms with van der Waals surface area (Å²) in [6.45, 7) is 2.34. The molecule has 0 bridgehead atoms. The molecule has 0 aliphatic carbocycles. The van der Waals surface area contributed by atoms with E-state index in [9.17, 15) is 23.6 Å². The lowest BCUT2D eigenvalue weighted by Gasteiger charge is -2.30. The minimum absolute atomic E-state index is 0.0125. The molecule has 1 aromatic carbocycles. The molecule has 2 aromatic rings. The van der Waals surface area contributed by atoms with E-state index in [4.69, 9.17) is 4.55 Å². The standard InChI is InChI=1S/C17H21N5O6S/c1-2-10-21(14-5-3-4-6-15(14)23)17(9-11-29(26,27)28)20-19-16-8-7-13(12-18-16)22(24)25/h3-8,12,17,23H,2,9-11H2,1H3,(H,26,27,28). The molecule has 1 atom stereocenters. The zero-order valence-corrected chi connectivity index (χ0v) is 16.4. The molecule has 1 aromatic heterocycles. The van der Waals surface area contributed by atoms with Crippen LogP contribution in [0, 0.1) is 10.1 Å². The second-order valence-corrected chi connectivity index (χ2v) is 7.66. The SMILES string of the molecule is CCCN(c1ccccc1O)C(CCS(=O)(=O)O)N=Nc1ccc([N+](=O)[O-])cn1. The molecule has 1 unspecified atom stereocenters. The van der Waals surface area contributed by atoms with Crippen molar-refractivity contribution >= 4 is 27.3 Å². The Morgan fingerprint density at radius 2 is 2.00 bits per heavy atom. The van der Waals surface area contributed by atoms with Gasteiger partial charge in [0.1, 0.15) is 18.1 Å². The molecule has 0 saturated carbocycles. The van der Waals surface area contributed by atoms with Crippen LogP contribution in [0.2, 0.25) is 0 Å². The molecular weight excluding hydrogens is 402 g/mol. The predicted octanol–water partition coefficient (Wildman–Crippen LogP) is 3.30. The molecule has 29 heavy (non-hydrogen) atoms. The van der Waals surface area contributed by atoms with Gasteiger partial charge in [-0.15, -0.1) is 5.11 Å². The molecular formula is C17H21N5O6S. The highest BCUT2D eigenvalue weighted by molar-refractivity contribution is 7.85. The minimum Gasteiger partial charge on any atom is -0.506 e. The van der Waals surface area contributed by atoms with Crippen molar-refractivity contribution < 1.29 is 23.0 Å². The second kappa shape index (κ2) is 9.89. The van der Waals surface area contributed by atoms with Crippen molar-refractivity contribution in [2.24, 2.45) is 10.2 Å². The highest BCUT2D eigenvalue weighted by Gasteiger charge is 2.22. The normalized spacial score (nSPS) is 12.8. The Hall–Kier alpha value is -3.12. The molecule has 156 valence electrons. The minimum atomic E-state index is -4.24. The van der Waals surface area contributed by atoms with Crippen LogP contribution in [0.5, 0.6) is 5.75 Å². The largest absolute Gasteiger partial charge is 0.506 e. The van der Waals surface area contributed by atoms with E-state index < -0.39 is 27.0 Å². The van der Waals surface area contributed by atoms with E-state index in [1.54, 1.807) is 23.1 Å². The van der Waals surface area contributed by atoms with Gasteiger partial charge in [-0.2, -0.15) is 13.5 Å². The highest BCUT2D eigenvalue weighted by atomic mass is 32.2. The average Bonchev–Trinajstić information content (AvgIpc) is 2.67. The van der Waals surface area contributed by atoms with Gasteiger partial charge >= 0.3 is 0 Å². The maximum absolute atomic E-state index is 11.2. The molecule has 0 fully saturated rings. The number of anilines is 1. The second-order valence-electron chi connectivity index (χ2n) is 6.08. The zero-order valence-electron chi connectivity index (χ0n) is 15.6. The van der Waals surface area contributed by atoms with Gasteiger partial charge in [0.05, 0.1) is 16.4 Å². The fourth-order valence-electron chi connectivity index (χ4n) is 2.58. The number of aromatic nitrogens is 1. The first-order valence-corrected chi connectivity index (χ1v) is 10.3. The summed E-state index contributed by atoms with van der Waals surface area (Å²) in [7, 11) is -4.24. The fraction of sp³-hybridized carbons (Fsp3) is 0.353. The van der Waals surface area contributed by atoms with E-state index in [2.05, 4.69) is 15.2 Å². The maximum atomic E-state index is 11.2. The van der Waals surface area contributed by atoms with Crippen molar-refractivity contribution in [3.8, 4) is 5.75 Å². The molecule has 2 rings (SSSR count). The third-order valence-electron chi connectivity index (χ3n) is 3.89. The Bertz CT molecular complexity index is 965. The number of para-hydroxylation sites is 2. The van der Waals surface area contributed by atoms with E-state index in [0.29, 0.717) is 18.7 Å². The molecule has 0 amide bonds. The molecule has 0 aliphatic rings. The zero-order chi connectivity index (χ0) is 21.4. The number of pyridine rings is 1. The van der Waals surface area contributed by atoms with Crippen LogP contribution in [-0.2, 0) is 10.1 Å². The van der Waals surface area contributed by atoms with E-state index >= 15 is 0 Å². The summed E-state index contributed by atoms with van der Waals surface area (Å²) in [5.74, 6) is -0.472. The molecule has 0 spiro atoms. The van der Waals surface area contributed by atoms with Gasteiger partial charge in [-0.1, -0.05) is 19.1 Å². The van der Waals surface area contributed by atoms with Crippen molar-refractivity contribution in [2.75, 3.05) is 17.2 Å². The Morgan fingerprint density at radius 3 is 2.55 bits per heavy atom. The summed E-state index contributed by atoms with van der Waals surface area (Å²) in [5.41, 5.74) is 0.235. The van der Waals surface area contributed by atoms with Gasteiger partial charge in [0.25, 0.3) is 15.8 Å². The van der Waals surface area contributed by atoms with Crippen LogP contribution in [0.1, 0.15) is 19.8 Å². The average molecular weight is 423 g/mol. The Balaban J connectivity index is 2.35. The molecule has 1 heterocycles. The lowest BCUT2D eigenvalue weighted by Crippen LogP contribution is -2.36. The summed E-state index contributed by atoms with van der Waals surface area (Å²) in [5, 5.41) is 29.0. The van der Waals surface area contributed by atoms with Crippen molar-refractivity contribution in [3.05, 3.63) is 52.7 Å². The first kappa shape index (κ1) is 22.2. The number of azo groups is 1. The molecule has 0 saturated heterocycles. The lowest BCUT2D eigenvalue weighted by atomic mass is 10.2. The third-order valence-corrected chi connectivity index (χ3v) is 4.64. The van der Waals surface area contributed by atoms with Gasteiger partial charge in [-0.05, 0) is 24.6 Å². The Labute approximate surface area is 167 Å². The van der Waals surface area contributed by atoms with Crippen LogP contribution in [0.25, 0.3) is 0 Å². The van der Waals surface area contributed by atoms with Crippen molar-refractivity contribution in [1.29, 1.82) is 0 Å². The van der Waals surface area contributed by atoms with Crippen LogP contribution in [-0.4, -0.2) is 46.4 Å². The summed E-state index contributed by atoms with van der Waals surface area (Å²) >= 11 is 0. The molecule has 11 nitrogen and oxygen atoms in total. The van der Waals surface area contributed by atoms with Crippen molar-refractivity contribution in [3.63, 3.8) is 0 Å². The van der Waals surface area contributed by atoms with Crippen molar-refractivity contribution in [2.45, 2.75) is 25.9 Å². The first-order valence-electron chi connectivity index (χ1n) is 8.72. The molecule has 2 N–H and O–H groups in total. The lowest BCUT2D eigenvalue weighted by molar-refractivity contribution is -0.385. The number of nitrogens with zero attached hydrogens (tertiary/aromatic N) is 5. The summed E-state index contributed by atoms with van der Waals surface area (Å²) in [6, 6.07) is 9.05. The van der Waals surface area contributed by atoms with Gasteiger partial charge in [0.2, 0.25) is 0 Å². The maximum Gasteiger partial charge on any atom is 0.287 e. The number of aromatic hydroxyl groups is 1. The quantitative estimate of drug-likeness (QED) is 0.255. The third kappa shape index (κ3) is 6.76. The topological polar surface area (TPSA) is 159 Å². The number of hydrogen-bond acceptors (Lipinski definition) is 9. The number of phenols is 1. The van der Waals surface area contributed by atoms with Gasteiger partial charge in [0.15, 0.2) is 5.82 Å². The number of phenolic OH excluding ortho intramolecular Hbond substituents is 1. The molecule has 0 aliphatic heterocycles. The Morgan fingerprint density at radius 1 is 1.28 bits per heavy atom. The van der Waals surface area contributed by atoms with Crippen LogP contribution in [0.15, 0.2) is 52.8 Å². The summed E-state index contributed by atoms with van der Waals surface area (Å²) in [4.78, 5) is 15.6. The smallest absolute Gasteiger partial charge is 0.287 e. The monoisotopic (exact) mass is 423 g/mol. The first-order chi connectivity index (χ1) is 13.7. The van der Waals surface area contributed by atoms with E-state index in [-0.39, 0.29) is 23.7 Å². The predicted molar refractivity (Wildman–Crippen MR) is 106 cm³/mol. The van der Waals surface area contributed by atoms with Crippen LogP contribution >= 0.6 is 0 Å². The highest BCUT2D eigenvalue weighted by Crippen LogP contribution is 2.30. The number of benzene rings is 1. The van der Waals surface area contributed by atoms with Gasteiger partial charge in [-0.3, -0.25) is 14.7 Å². The van der Waals surface area contributed by atoms with Crippen LogP contribution in [0.4, 0.5) is 17.2 Å². The van der Waals surface area contributed by atoms with E-state index in [1.165, 1.54) is 18.2 Å². The Kier molecular flexibility index (Phi) is 7.56. The van der Waals surface area contributed by atoms with E-state index in [0.717, 1.165) is 6.20 Å².